The van der Waals surface area contributed by atoms with Crippen LogP contribution in [0.15, 0.2) is 48.5 Å². The number of carbonyl (C=O) groups excluding carboxylic acids is 1. The number of halogens is 4. The summed E-state index contributed by atoms with van der Waals surface area (Å²) in [5.74, 6) is -0.342. The first-order valence-corrected chi connectivity index (χ1v) is 9.05. The lowest BCUT2D eigenvalue weighted by atomic mass is 10.2. The summed E-state index contributed by atoms with van der Waals surface area (Å²) in [6, 6.07) is 12.2. The third kappa shape index (κ3) is 6.31. The fourth-order valence-electron chi connectivity index (χ4n) is 3.08. The van der Waals surface area contributed by atoms with Crippen LogP contribution in [-0.4, -0.2) is 36.4 Å². The van der Waals surface area contributed by atoms with Crippen molar-refractivity contribution in [2.24, 2.45) is 0 Å². The third-order valence-electron chi connectivity index (χ3n) is 4.25. The maximum atomic E-state index is 12.2. The maximum Gasteiger partial charge on any atom is 0.573 e. The Balaban J connectivity index is 1.45. The van der Waals surface area contributed by atoms with Crippen molar-refractivity contribution in [1.29, 1.82) is 0 Å². The Labute approximate surface area is 165 Å². The van der Waals surface area contributed by atoms with E-state index in [0.29, 0.717) is 17.3 Å². The van der Waals surface area contributed by atoms with Crippen LogP contribution in [0, 0.1) is 0 Å². The van der Waals surface area contributed by atoms with E-state index in [-0.39, 0.29) is 11.8 Å². The Morgan fingerprint density at radius 1 is 1.21 bits per heavy atom. The van der Waals surface area contributed by atoms with Gasteiger partial charge >= 0.3 is 12.4 Å². The molecule has 5 nitrogen and oxygen atoms in total. The van der Waals surface area contributed by atoms with Gasteiger partial charge in [-0.05, 0) is 48.4 Å². The first-order chi connectivity index (χ1) is 13.3. The van der Waals surface area contributed by atoms with Crippen LogP contribution in [0.1, 0.15) is 12.0 Å². The number of amides is 2. The van der Waals surface area contributed by atoms with Gasteiger partial charge in [0.1, 0.15) is 5.75 Å². The Hall–Kier alpha value is -2.45. The molecule has 0 spiro atoms. The molecule has 150 valence electrons. The molecule has 1 fully saturated rings. The van der Waals surface area contributed by atoms with Gasteiger partial charge in [0.15, 0.2) is 0 Å². The summed E-state index contributed by atoms with van der Waals surface area (Å²) in [5, 5.41) is 6.18. The van der Waals surface area contributed by atoms with Crippen LogP contribution in [0.5, 0.6) is 5.75 Å². The predicted octanol–water partition coefficient (Wildman–Crippen LogP) is 4.63. The SMILES string of the molecule is O=C(Nc1ccc(OC(F)(F)F)cc1)NC1CCN(Cc2cccc(Cl)c2)C1. The van der Waals surface area contributed by atoms with Crippen LogP contribution >= 0.6 is 11.6 Å². The molecule has 2 aromatic carbocycles. The number of anilines is 1. The first kappa shape index (κ1) is 20.3. The number of carbonyl (C=O) groups is 1. The Morgan fingerprint density at radius 2 is 1.96 bits per heavy atom. The lowest BCUT2D eigenvalue weighted by Gasteiger charge is -2.17. The molecule has 9 heteroatoms. The van der Waals surface area contributed by atoms with Crippen molar-refractivity contribution in [3.8, 4) is 5.75 Å². The fourth-order valence-corrected chi connectivity index (χ4v) is 3.29. The number of nitrogens with one attached hydrogen (secondary N) is 2. The summed E-state index contributed by atoms with van der Waals surface area (Å²) in [4.78, 5) is 14.3. The zero-order chi connectivity index (χ0) is 20.1. The molecule has 3 rings (SSSR count). The van der Waals surface area contributed by atoms with Crippen molar-refractivity contribution in [2.45, 2.75) is 25.4 Å². The smallest absolute Gasteiger partial charge is 0.406 e. The number of urea groups is 1. The molecule has 2 N–H and O–H groups in total. The minimum atomic E-state index is -4.74. The number of benzene rings is 2. The zero-order valence-electron chi connectivity index (χ0n) is 14.8. The van der Waals surface area contributed by atoms with E-state index in [2.05, 4.69) is 20.3 Å². The second-order valence-corrected chi connectivity index (χ2v) is 6.96. The zero-order valence-corrected chi connectivity index (χ0v) is 15.6. The molecule has 2 amide bonds. The first-order valence-electron chi connectivity index (χ1n) is 8.67. The number of rotatable bonds is 5. The maximum absolute atomic E-state index is 12.2. The van der Waals surface area contributed by atoms with E-state index in [1.165, 1.54) is 12.1 Å². The van der Waals surface area contributed by atoms with Gasteiger partial charge in [-0.15, -0.1) is 13.2 Å². The molecule has 1 aliphatic heterocycles. The van der Waals surface area contributed by atoms with Gasteiger partial charge in [-0.2, -0.15) is 0 Å². The van der Waals surface area contributed by atoms with Crippen LogP contribution in [0.2, 0.25) is 5.02 Å². The van der Waals surface area contributed by atoms with E-state index in [9.17, 15) is 18.0 Å². The van der Waals surface area contributed by atoms with Crippen LogP contribution in [0.3, 0.4) is 0 Å². The standard InChI is InChI=1S/C19H19ClF3N3O2/c20-14-3-1-2-13(10-14)11-26-9-8-16(12-26)25-18(27)24-15-4-6-17(7-5-15)28-19(21,22)23/h1-7,10,16H,8-9,11-12H2,(H2,24,25,27). The molecule has 28 heavy (non-hydrogen) atoms. The molecule has 1 heterocycles. The molecule has 0 radical (unpaired) electrons. The van der Waals surface area contributed by atoms with E-state index in [4.69, 9.17) is 11.6 Å². The summed E-state index contributed by atoms with van der Waals surface area (Å²) in [6.07, 6.45) is -3.93. The largest absolute Gasteiger partial charge is 0.573 e. The van der Waals surface area contributed by atoms with Gasteiger partial charge in [0.05, 0.1) is 0 Å². The predicted molar refractivity (Wildman–Crippen MR) is 100 cm³/mol. The number of ether oxygens (including phenoxy) is 1. The molecule has 0 saturated carbocycles. The summed E-state index contributed by atoms with van der Waals surface area (Å²) < 4.78 is 40.3. The molecule has 1 saturated heterocycles. The molecule has 1 unspecified atom stereocenters. The highest BCUT2D eigenvalue weighted by atomic mass is 35.5. The fraction of sp³-hybridized carbons (Fsp3) is 0.316. The molecule has 1 aliphatic rings. The van der Waals surface area contributed by atoms with Gasteiger partial charge < -0.3 is 15.4 Å². The van der Waals surface area contributed by atoms with Crippen molar-refractivity contribution in [3.63, 3.8) is 0 Å². The number of likely N-dealkylation sites (tertiary alicyclic amines) is 1. The van der Waals surface area contributed by atoms with E-state index in [1.54, 1.807) is 0 Å². The highest BCUT2D eigenvalue weighted by Crippen LogP contribution is 2.24. The minimum absolute atomic E-state index is 0.00739. The Kier molecular flexibility index (Phi) is 6.31. The normalized spacial score (nSPS) is 17.4. The average molecular weight is 414 g/mol. The van der Waals surface area contributed by atoms with E-state index in [1.807, 2.05) is 24.3 Å². The third-order valence-corrected chi connectivity index (χ3v) is 4.48. The number of hydrogen-bond acceptors (Lipinski definition) is 3. The van der Waals surface area contributed by atoms with Crippen LogP contribution in [-0.2, 0) is 6.54 Å². The average Bonchev–Trinajstić information content (AvgIpc) is 3.02. The second kappa shape index (κ2) is 8.70. The molecular formula is C19H19ClF3N3O2. The van der Waals surface area contributed by atoms with Gasteiger partial charge in [0.25, 0.3) is 0 Å². The number of hydrogen-bond donors (Lipinski definition) is 2. The van der Waals surface area contributed by atoms with Crippen molar-refractivity contribution in [1.82, 2.24) is 10.2 Å². The van der Waals surface area contributed by atoms with E-state index in [0.717, 1.165) is 37.2 Å². The van der Waals surface area contributed by atoms with E-state index < -0.39 is 12.4 Å². The quantitative estimate of drug-likeness (QED) is 0.751. The van der Waals surface area contributed by atoms with Gasteiger partial charge in [0, 0.05) is 36.4 Å². The van der Waals surface area contributed by atoms with Crippen LogP contribution < -0.4 is 15.4 Å². The molecule has 0 aliphatic carbocycles. The molecule has 0 aromatic heterocycles. The summed E-state index contributed by atoms with van der Waals surface area (Å²) in [6.45, 7) is 2.31. The summed E-state index contributed by atoms with van der Waals surface area (Å²) in [5.41, 5.74) is 1.49. The summed E-state index contributed by atoms with van der Waals surface area (Å²) in [7, 11) is 0. The molecule has 0 bridgehead atoms. The summed E-state index contributed by atoms with van der Waals surface area (Å²) >= 11 is 6.00. The van der Waals surface area contributed by atoms with Gasteiger partial charge in [-0.1, -0.05) is 23.7 Å². The monoisotopic (exact) mass is 413 g/mol. The van der Waals surface area contributed by atoms with Crippen molar-refractivity contribution in [3.05, 3.63) is 59.1 Å². The minimum Gasteiger partial charge on any atom is -0.406 e. The van der Waals surface area contributed by atoms with E-state index >= 15 is 0 Å². The van der Waals surface area contributed by atoms with Crippen molar-refractivity contribution >= 4 is 23.3 Å². The number of alkyl halides is 3. The van der Waals surface area contributed by atoms with Gasteiger partial charge in [0.2, 0.25) is 0 Å². The number of nitrogens with zero attached hydrogens (tertiary/aromatic N) is 1. The molecule has 2 aromatic rings. The second-order valence-electron chi connectivity index (χ2n) is 6.52. The highest BCUT2D eigenvalue weighted by molar-refractivity contribution is 6.30. The van der Waals surface area contributed by atoms with Crippen LogP contribution in [0.4, 0.5) is 23.7 Å². The van der Waals surface area contributed by atoms with Crippen LogP contribution in [0.25, 0.3) is 0 Å². The van der Waals surface area contributed by atoms with Crippen molar-refractivity contribution in [2.75, 3.05) is 18.4 Å². The topological polar surface area (TPSA) is 53.6 Å². The lowest BCUT2D eigenvalue weighted by Crippen LogP contribution is -2.39. The molecule has 1 atom stereocenters. The highest BCUT2D eigenvalue weighted by Gasteiger charge is 2.31. The Morgan fingerprint density at radius 3 is 2.64 bits per heavy atom. The lowest BCUT2D eigenvalue weighted by molar-refractivity contribution is -0.274. The van der Waals surface area contributed by atoms with Gasteiger partial charge in [-0.3, -0.25) is 4.90 Å². The van der Waals surface area contributed by atoms with Gasteiger partial charge in [-0.25, -0.2) is 4.79 Å². The van der Waals surface area contributed by atoms with Crippen molar-refractivity contribution < 1.29 is 22.7 Å². The Bertz CT molecular complexity index is 815. The molecular weight excluding hydrogens is 395 g/mol.